The number of aromatic nitrogens is 1. The molecule has 0 bridgehead atoms. The normalized spacial score (nSPS) is 21.9. The molecule has 1 aromatic carbocycles. The number of methoxy groups -OCH3 is 1. The summed E-state index contributed by atoms with van der Waals surface area (Å²) in [7, 11) is 1.65. The molecule has 1 aliphatic heterocycles. The summed E-state index contributed by atoms with van der Waals surface area (Å²) in [6.07, 6.45) is 5.25. The number of hydrogen-bond donors (Lipinski definition) is 1. The molecule has 0 saturated heterocycles. The Morgan fingerprint density at radius 2 is 2.00 bits per heavy atom. The molecule has 2 amide bonds. The number of rotatable bonds is 5. The van der Waals surface area contributed by atoms with Gasteiger partial charge in [0.2, 0.25) is 5.91 Å². The zero-order valence-electron chi connectivity index (χ0n) is 19.1. The number of halogens is 1. The van der Waals surface area contributed by atoms with Gasteiger partial charge < -0.3 is 15.0 Å². The fraction of sp³-hybridized carbons (Fsp3) is 0.480. The molecular formula is C25H30ClN3O3. The van der Waals surface area contributed by atoms with Crippen molar-refractivity contribution < 1.29 is 14.3 Å². The minimum atomic E-state index is -0.601. The maximum absolute atomic E-state index is 13.2. The van der Waals surface area contributed by atoms with Gasteiger partial charge in [-0.1, -0.05) is 17.7 Å². The van der Waals surface area contributed by atoms with Crippen molar-refractivity contribution >= 4 is 29.1 Å². The fourth-order valence-electron chi connectivity index (χ4n) is 5.03. The molecule has 0 atom stereocenters. The lowest BCUT2D eigenvalue weighted by atomic mass is 9.85. The molecular weight excluding hydrogens is 426 g/mol. The van der Waals surface area contributed by atoms with E-state index in [-0.39, 0.29) is 17.9 Å². The maximum Gasteiger partial charge on any atom is 0.253 e. The third-order valence-corrected chi connectivity index (χ3v) is 7.05. The topological polar surface area (TPSA) is 71.5 Å². The Bertz CT molecular complexity index is 1040. The van der Waals surface area contributed by atoms with E-state index in [2.05, 4.69) is 10.3 Å². The van der Waals surface area contributed by atoms with Gasteiger partial charge in [0.25, 0.3) is 5.91 Å². The summed E-state index contributed by atoms with van der Waals surface area (Å²) >= 11 is 6.01. The number of carbonyl (C=O) groups is 2. The van der Waals surface area contributed by atoms with Crippen LogP contribution in [0, 0.1) is 12.8 Å². The van der Waals surface area contributed by atoms with Crippen molar-refractivity contribution in [3.05, 3.63) is 52.3 Å². The first kappa shape index (κ1) is 22.6. The van der Waals surface area contributed by atoms with E-state index in [0.29, 0.717) is 28.7 Å². The van der Waals surface area contributed by atoms with E-state index in [1.165, 1.54) is 0 Å². The van der Waals surface area contributed by atoms with Crippen molar-refractivity contribution in [1.82, 2.24) is 10.3 Å². The van der Waals surface area contributed by atoms with Crippen molar-refractivity contribution in [1.29, 1.82) is 0 Å². The highest BCUT2D eigenvalue weighted by atomic mass is 35.5. The van der Waals surface area contributed by atoms with E-state index in [0.717, 1.165) is 42.7 Å². The van der Waals surface area contributed by atoms with Crippen molar-refractivity contribution in [3.8, 4) is 5.75 Å². The lowest BCUT2D eigenvalue weighted by molar-refractivity contribution is -0.122. The Hall–Kier alpha value is -2.60. The second-order valence-corrected chi connectivity index (χ2v) is 9.81. The van der Waals surface area contributed by atoms with E-state index in [9.17, 15) is 9.59 Å². The smallest absolute Gasteiger partial charge is 0.253 e. The number of pyridine rings is 1. The lowest BCUT2D eigenvalue weighted by Crippen LogP contribution is -2.42. The molecule has 1 aromatic heterocycles. The minimum Gasteiger partial charge on any atom is -0.496 e. The molecule has 1 fully saturated rings. The first-order valence-electron chi connectivity index (χ1n) is 11.1. The van der Waals surface area contributed by atoms with Crippen molar-refractivity contribution in [2.24, 2.45) is 5.92 Å². The summed E-state index contributed by atoms with van der Waals surface area (Å²) in [5.41, 5.74) is 2.52. The molecule has 1 aliphatic carbocycles. The Balaban J connectivity index is 1.39. The Morgan fingerprint density at radius 3 is 2.69 bits per heavy atom. The number of anilines is 1. The van der Waals surface area contributed by atoms with Gasteiger partial charge in [-0.2, -0.15) is 0 Å². The van der Waals surface area contributed by atoms with Gasteiger partial charge in [-0.05, 0) is 70.6 Å². The predicted molar refractivity (Wildman–Crippen MR) is 126 cm³/mol. The van der Waals surface area contributed by atoms with Crippen LogP contribution in [0.3, 0.4) is 0 Å². The Kier molecular flexibility index (Phi) is 6.17. The molecule has 0 spiro atoms. The van der Waals surface area contributed by atoms with E-state index in [4.69, 9.17) is 16.3 Å². The Morgan fingerprint density at radius 1 is 1.28 bits per heavy atom. The summed E-state index contributed by atoms with van der Waals surface area (Å²) in [5, 5.41) is 3.59. The number of nitrogens with zero attached hydrogens (tertiary/aromatic N) is 2. The second-order valence-electron chi connectivity index (χ2n) is 9.37. The summed E-state index contributed by atoms with van der Waals surface area (Å²) in [6.45, 7) is 6.44. The van der Waals surface area contributed by atoms with Crippen LogP contribution in [0.15, 0.2) is 30.5 Å². The second kappa shape index (κ2) is 8.74. The third-order valence-electron chi connectivity index (χ3n) is 6.84. The van der Waals surface area contributed by atoms with Crippen LogP contribution >= 0.6 is 11.6 Å². The molecule has 2 heterocycles. The van der Waals surface area contributed by atoms with Gasteiger partial charge >= 0.3 is 0 Å². The highest BCUT2D eigenvalue weighted by molar-refractivity contribution is 6.30. The number of benzene rings is 1. The van der Waals surface area contributed by atoms with Crippen LogP contribution in [0.2, 0.25) is 5.02 Å². The zero-order chi connectivity index (χ0) is 23.0. The van der Waals surface area contributed by atoms with E-state index in [1.807, 2.05) is 43.9 Å². The first-order valence-corrected chi connectivity index (χ1v) is 11.5. The van der Waals surface area contributed by atoms with Crippen molar-refractivity contribution in [2.45, 2.75) is 57.9 Å². The lowest BCUT2D eigenvalue weighted by Gasteiger charge is -2.32. The van der Waals surface area contributed by atoms with E-state index >= 15 is 0 Å². The number of fused-ring (bicyclic) bond motifs is 1. The fourth-order valence-corrected chi connectivity index (χ4v) is 5.18. The number of nitrogens with one attached hydrogen (secondary N) is 1. The zero-order valence-corrected chi connectivity index (χ0v) is 19.8. The highest BCUT2D eigenvalue weighted by Crippen LogP contribution is 2.47. The van der Waals surface area contributed by atoms with Crippen molar-refractivity contribution in [3.63, 3.8) is 0 Å². The number of carbonyl (C=O) groups excluding carboxylic acids is 2. The molecule has 7 heteroatoms. The predicted octanol–water partition coefficient (Wildman–Crippen LogP) is 4.67. The molecule has 1 N–H and O–H groups in total. The van der Waals surface area contributed by atoms with Crippen molar-refractivity contribution in [2.75, 3.05) is 18.6 Å². The van der Waals surface area contributed by atoms with E-state index in [1.54, 1.807) is 19.4 Å². The van der Waals surface area contributed by atoms with Crippen LogP contribution < -0.4 is 15.0 Å². The molecule has 1 saturated carbocycles. The summed E-state index contributed by atoms with van der Waals surface area (Å²) in [6, 6.07) is 7.66. The first-order chi connectivity index (χ1) is 15.2. The number of aryl methyl sites for hydroxylation is 1. The maximum atomic E-state index is 13.2. The highest BCUT2D eigenvalue weighted by Gasteiger charge is 2.46. The average molecular weight is 456 g/mol. The summed E-state index contributed by atoms with van der Waals surface area (Å²) in [5.74, 6) is 1.16. The van der Waals surface area contributed by atoms with Crippen LogP contribution in [-0.4, -0.2) is 36.5 Å². The standard InChI is InChI=1S/C25H30ClN3O3/c1-15-19(12-17(26)13-27-15)23(30)28-18-10-8-16(9-11-18)14-29-20-6-5-7-21(32-4)22(20)25(2,3)24(29)31/h5-7,12-13,16,18H,8-11,14H2,1-4H3,(H,28,30)/t16-,18-. The summed E-state index contributed by atoms with van der Waals surface area (Å²) in [4.78, 5) is 32.0. The molecule has 6 nitrogen and oxygen atoms in total. The third kappa shape index (κ3) is 4.08. The SMILES string of the molecule is COc1cccc2c1C(C)(C)C(=O)N2C[C@H]1CC[C@H](NC(=O)c2cc(Cl)cnc2C)CC1. The molecule has 2 aliphatic rings. The van der Waals surface area contributed by atoms with Crippen LogP contribution in [-0.2, 0) is 10.2 Å². The molecule has 170 valence electrons. The quantitative estimate of drug-likeness (QED) is 0.711. The Labute approximate surface area is 194 Å². The van der Waals surface area contributed by atoms with Gasteiger partial charge in [-0.3, -0.25) is 14.6 Å². The van der Waals surface area contributed by atoms with Gasteiger partial charge in [0.1, 0.15) is 5.75 Å². The molecule has 4 rings (SSSR count). The van der Waals surface area contributed by atoms with Gasteiger partial charge in [0.15, 0.2) is 0 Å². The van der Waals surface area contributed by atoms with Crippen LogP contribution in [0.4, 0.5) is 5.69 Å². The molecule has 2 aromatic rings. The number of hydrogen-bond acceptors (Lipinski definition) is 4. The van der Waals surface area contributed by atoms with Crippen LogP contribution in [0.5, 0.6) is 5.75 Å². The largest absolute Gasteiger partial charge is 0.496 e. The van der Waals surface area contributed by atoms with Gasteiger partial charge in [0, 0.05) is 24.3 Å². The molecule has 0 unspecified atom stereocenters. The average Bonchev–Trinajstić information content (AvgIpc) is 2.97. The van der Waals surface area contributed by atoms with Gasteiger partial charge in [-0.25, -0.2) is 0 Å². The van der Waals surface area contributed by atoms with E-state index < -0.39 is 5.41 Å². The van der Waals surface area contributed by atoms with Gasteiger partial charge in [0.05, 0.1) is 34.5 Å². The monoisotopic (exact) mass is 455 g/mol. The number of ether oxygens (including phenoxy) is 1. The van der Waals surface area contributed by atoms with Crippen LogP contribution in [0.25, 0.3) is 0 Å². The van der Waals surface area contributed by atoms with Gasteiger partial charge in [-0.15, -0.1) is 0 Å². The molecule has 0 radical (unpaired) electrons. The molecule has 32 heavy (non-hydrogen) atoms. The van der Waals surface area contributed by atoms with Crippen LogP contribution in [0.1, 0.15) is 61.1 Å². The summed E-state index contributed by atoms with van der Waals surface area (Å²) < 4.78 is 5.55. The minimum absolute atomic E-state index is 0.121. The number of amides is 2.